The quantitative estimate of drug-likeness (QED) is 0.409. The Morgan fingerprint density at radius 2 is 1.82 bits per heavy atom. The largest absolute Gasteiger partial charge is 0.464 e. The van der Waals surface area contributed by atoms with Gasteiger partial charge in [-0.15, -0.1) is 0 Å². The average molecular weight is 389 g/mol. The van der Waals surface area contributed by atoms with Gasteiger partial charge < -0.3 is 10.4 Å². The van der Waals surface area contributed by atoms with E-state index in [4.69, 9.17) is 5.21 Å². The Morgan fingerprint density at radius 1 is 1.14 bits per heavy atom. The van der Waals surface area contributed by atoms with Gasteiger partial charge in [0.25, 0.3) is 0 Å². The number of rotatable bonds is 8. The Hall–Kier alpha value is -2.87. The van der Waals surface area contributed by atoms with Gasteiger partial charge in [-0.05, 0) is 37.3 Å². The van der Waals surface area contributed by atoms with Crippen LogP contribution < -0.4 is 10.8 Å². The second-order valence-corrected chi connectivity index (χ2v) is 7.50. The molecule has 8 heteroatoms. The molecule has 2 amide bonds. The first-order valence-electron chi connectivity index (χ1n) is 9.28. The van der Waals surface area contributed by atoms with Crippen molar-refractivity contribution in [2.24, 2.45) is 11.8 Å². The monoisotopic (exact) mass is 389 g/mol. The molecular formula is C20H27N3O5. The number of fused-ring (bicyclic) bond motifs is 1. The lowest BCUT2D eigenvalue weighted by atomic mass is 9.92. The highest BCUT2D eigenvalue weighted by Crippen LogP contribution is 2.23. The molecule has 2 aromatic rings. The summed E-state index contributed by atoms with van der Waals surface area (Å²) in [6, 6.07) is 6.95. The van der Waals surface area contributed by atoms with Gasteiger partial charge in [0.05, 0.1) is 5.52 Å². The van der Waals surface area contributed by atoms with Crippen LogP contribution in [0, 0.1) is 11.8 Å². The molecule has 0 aliphatic rings. The number of amides is 2. The van der Waals surface area contributed by atoms with Crippen LogP contribution in [0.1, 0.15) is 39.2 Å². The third-order valence-corrected chi connectivity index (χ3v) is 4.60. The van der Waals surface area contributed by atoms with E-state index >= 15 is 0 Å². The molecule has 0 aliphatic carbocycles. The molecule has 152 valence electrons. The summed E-state index contributed by atoms with van der Waals surface area (Å²) in [5, 5.41) is 21.8. The molecule has 0 bridgehead atoms. The van der Waals surface area contributed by atoms with Crippen LogP contribution in [-0.4, -0.2) is 38.8 Å². The zero-order valence-corrected chi connectivity index (χ0v) is 16.3. The van der Waals surface area contributed by atoms with Gasteiger partial charge in [0.1, 0.15) is 0 Å². The minimum atomic E-state index is -1.06. The van der Waals surface area contributed by atoms with Crippen LogP contribution in [0.2, 0.25) is 0 Å². The van der Waals surface area contributed by atoms with E-state index in [1.54, 1.807) is 23.8 Å². The number of aromatic nitrogens is 1. The Bertz CT molecular complexity index is 859. The molecule has 0 radical (unpaired) electrons. The maximum Gasteiger partial charge on any atom is 0.416 e. The van der Waals surface area contributed by atoms with Gasteiger partial charge >= 0.3 is 6.09 Å². The number of carbonyl (C=O) groups excluding carboxylic acids is 2. The molecule has 0 aliphatic heterocycles. The van der Waals surface area contributed by atoms with Gasteiger partial charge in [-0.3, -0.25) is 19.4 Å². The van der Waals surface area contributed by atoms with Gasteiger partial charge in [0.15, 0.2) is 0 Å². The van der Waals surface area contributed by atoms with Crippen LogP contribution in [0.25, 0.3) is 10.9 Å². The molecular weight excluding hydrogens is 362 g/mol. The molecule has 1 aromatic heterocycles. The van der Waals surface area contributed by atoms with Gasteiger partial charge in [0, 0.05) is 30.0 Å². The maximum absolute atomic E-state index is 12.6. The van der Waals surface area contributed by atoms with Crippen LogP contribution >= 0.6 is 0 Å². The molecule has 0 saturated heterocycles. The third kappa shape index (κ3) is 5.32. The molecule has 0 saturated carbocycles. The SMILES string of the molecule is CC(C)CC(CC(=O)NO)C(=O)N[C@H](C)Cc1cn(C(=O)O)c2ccccc12. The van der Waals surface area contributed by atoms with Gasteiger partial charge in [-0.1, -0.05) is 32.0 Å². The fraction of sp³-hybridized carbons (Fsp3) is 0.450. The minimum absolute atomic E-state index is 0.0917. The maximum atomic E-state index is 12.6. The van der Waals surface area contributed by atoms with E-state index < -0.39 is 17.9 Å². The zero-order chi connectivity index (χ0) is 20.8. The Labute approximate surface area is 163 Å². The fourth-order valence-corrected chi connectivity index (χ4v) is 3.43. The second-order valence-electron chi connectivity index (χ2n) is 7.50. The number of benzene rings is 1. The molecule has 1 unspecified atom stereocenters. The van der Waals surface area contributed by atoms with Crippen LogP contribution in [0.5, 0.6) is 0 Å². The van der Waals surface area contributed by atoms with Crippen LogP contribution in [0.3, 0.4) is 0 Å². The first-order chi connectivity index (χ1) is 13.2. The standard InChI is InChI=1S/C20H27N3O5/c1-12(2)8-14(10-18(24)22-28)19(25)21-13(3)9-15-11-23(20(26)27)17-7-5-4-6-16(15)17/h4-7,11-14,28H,8-10H2,1-3H3,(H,21,25)(H,22,24)(H,26,27)/t13-,14?/m1/s1. The van der Waals surface area contributed by atoms with E-state index in [0.717, 1.165) is 10.9 Å². The Balaban J connectivity index is 2.13. The van der Waals surface area contributed by atoms with Crippen molar-refractivity contribution >= 4 is 28.8 Å². The van der Waals surface area contributed by atoms with E-state index in [2.05, 4.69) is 5.32 Å². The number of para-hydroxylation sites is 1. The summed E-state index contributed by atoms with van der Waals surface area (Å²) in [5.74, 6) is -1.19. The molecule has 2 atom stereocenters. The second kappa shape index (κ2) is 9.36. The van der Waals surface area contributed by atoms with Crippen molar-refractivity contribution < 1.29 is 24.7 Å². The highest BCUT2D eigenvalue weighted by molar-refractivity contribution is 5.91. The van der Waals surface area contributed by atoms with E-state index in [9.17, 15) is 19.5 Å². The summed E-state index contributed by atoms with van der Waals surface area (Å²) in [4.78, 5) is 35.6. The number of nitrogens with one attached hydrogen (secondary N) is 2. The van der Waals surface area contributed by atoms with E-state index in [-0.39, 0.29) is 24.3 Å². The topological polar surface area (TPSA) is 121 Å². The third-order valence-electron chi connectivity index (χ3n) is 4.60. The van der Waals surface area contributed by atoms with E-state index in [1.807, 2.05) is 32.9 Å². The summed E-state index contributed by atoms with van der Waals surface area (Å²) in [6.07, 6.45) is 1.38. The summed E-state index contributed by atoms with van der Waals surface area (Å²) >= 11 is 0. The van der Waals surface area contributed by atoms with Crippen LogP contribution in [-0.2, 0) is 16.0 Å². The number of hydroxylamine groups is 1. The predicted octanol–water partition coefficient (Wildman–Crippen LogP) is 2.77. The lowest BCUT2D eigenvalue weighted by Crippen LogP contribution is -2.40. The van der Waals surface area contributed by atoms with Crippen molar-refractivity contribution in [3.8, 4) is 0 Å². The summed E-state index contributed by atoms with van der Waals surface area (Å²) in [7, 11) is 0. The van der Waals surface area contributed by atoms with E-state index in [1.165, 1.54) is 4.57 Å². The lowest BCUT2D eigenvalue weighted by Gasteiger charge is -2.21. The smallest absolute Gasteiger partial charge is 0.416 e. The van der Waals surface area contributed by atoms with Crippen molar-refractivity contribution in [3.63, 3.8) is 0 Å². The molecule has 2 rings (SSSR count). The molecule has 1 aromatic carbocycles. The average Bonchev–Trinajstić information content (AvgIpc) is 2.99. The van der Waals surface area contributed by atoms with Gasteiger partial charge in [-0.25, -0.2) is 10.3 Å². The normalized spacial score (nSPS) is 13.3. The predicted molar refractivity (Wildman–Crippen MR) is 104 cm³/mol. The summed E-state index contributed by atoms with van der Waals surface area (Å²) in [6.45, 7) is 5.76. The van der Waals surface area contributed by atoms with E-state index in [0.29, 0.717) is 18.4 Å². The highest BCUT2D eigenvalue weighted by Gasteiger charge is 2.24. The van der Waals surface area contributed by atoms with Crippen molar-refractivity contribution in [2.75, 3.05) is 0 Å². The molecule has 0 fully saturated rings. The highest BCUT2D eigenvalue weighted by atomic mass is 16.5. The van der Waals surface area contributed by atoms with Crippen molar-refractivity contribution in [2.45, 2.75) is 46.1 Å². The Morgan fingerprint density at radius 3 is 2.43 bits per heavy atom. The number of carboxylic acid groups (broad SMARTS) is 1. The number of nitrogens with zero attached hydrogens (tertiary/aromatic N) is 1. The molecule has 1 heterocycles. The molecule has 0 spiro atoms. The zero-order valence-electron chi connectivity index (χ0n) is 16.3. The molecule has 28 heavy (non-hydrogen) atoms. The molecule has 8 nitrogen and oxygen atoms in total. The Kier molecular flexibility index (Phi) is 7.17. The number of hydrogen-bond donors (Lipinski definition) is 4. The molecule has 4 N–H and O–H groups in total. The lowest BCUT2D eigenvalue weighted by molar-refractivity contribution is -0.135. The summed E-state index contributed by atoms with van der Waals surface area (Å²) < 4.78 is 1.17. The number of hydrogen-bond acceptors (Lipinski definition) is 4. The first kappa shape index (κ1) is 21.4. The minimum Gasteiger partial charge on any atom is -0.464 e. The van der Waals surface area contributed by atoms with Crippen molar-refractivity contribution in [3.05, 3.63) is 36.0 Å². The number of carbonyl (C=O) groups is 3. The van der Waals surface area contributed by atoms with Crippen LogP contribution in [0.15, 0.2) is 30.5 Å². The van der Waals surface area contributed by atoms with Gasteiger partial charge in [-0.2, -0.15) is 0 Å². The first-order valence-corrected chi connectivity index (χ1v) is 9.28. The van der Waals surface area contributed by atoms with Crippen molar-refractivity contribution in [1.29, 1.82) is 0 Å². The van der Waals surface area contributed by atoms with Gasteiger partial charge in [0.2, 0.25) is 11.8 Å². The fourth-order valence-electron chi connectivity index (χ4n) is 3.43. The summed E-state index contributed by atoms with van der Waals surface area (Å²) in [5.41, 5.74) is 2.99. The van der Waals surface area contributed by atoms with Crippen LogP contribution in [0.4, 0.5) is 4.79 Å². The van der Waals surface area contributed by atoms with Crippen molar-refractivity contribution in [1.82, 2.24) is 15.4 Å².